The van der Waals surface area contributed by atoms with Gasteiger partial charge in [-0.25, -0.2) is 0 Å². The molecule has 0 aliphatic heterocycles. The van der Waals surface area contributed by atoms with Gasteiger partial charge in [0.05, 0.1) is 11.3 Å². The predicted molar refractivity (Wildman–Crippen MR) is 107 cm³/mol. The average molecular weight is 353 g/mol. The number of unbranched alkanes of at least 4 members (excludes halogenated alkanes) is 9. The number of aryl methyl sites for hydroxylation is 2. The number of fused-ring (bicyclic) bond motifs is 1. The summed E-state index contributed by atoms with van der Waals surface area (Å²) in [5.74, 6) is 0. The second-order valence-electron chi connectivity index (χ2n) is 6.55. The smallest absolute Gasteiger partial charge is 0.174 e. The number of ether oxygens (including phenoxy) is 1. The van der Waals surface area contributed by atoms with Gasteiger partial charge in [-0.2, -0.15) is 0 Å². The summed E-state index contributed by atoms with van der Waals surface area (Å²) in [5.41, 5.74) is 0. The van der Waals surface area contributed by atoms with E-state index in [1.807, 2.05) is 22.7 Å². The van der Waals surface area contributed by atoms with Crippen LogP contribution in [0.15, 0.2) is 6.07 Å². The summed E-state index contributed by atoms with van der Waals surface area (Å²) in [6.07, 6.45) is 13.8. The van der Waals surface area contributed by atoms with E-state index in [1.54, 1.807) is 0 Å². The normalized spacial score (nSPS) is 11.4. The SMILES string of the molecule is CCCCCCCCCCCCOc1cc2c(C)sc(C)c2s1. The molecule has 0 aliphatic carbocycles. The third kappa shape index (κ3) is 6.11. The first-order valence-corrected chi connectivity index (χ1v) is 11.0. The van der Waals surface area contributed by atoms with Crippen molar-refractivity contribution in [3.8, 4) is 5.06 Å². The van der Waals surface area contributed by atoms with Crippen molar-refractivity contribution in [2.45, 2.75) is 85.0 Å². The molecular formula is C20H32OS2. The van der Waals surface area contributed by atoms with Crippen LogP contribution in [0.25, 0.3) is 10.1 Å². The van der Waals surface area contributed by atoms with Crippen molar-refractivity contribution in [1.82, 2.24) is 0 Å². The molecule has 0 amide bonds. The third-order valence-corrected chi connectivity index (χ3v) is 6.79. The molecule has 2 rings (SSSR count). The highest BCUT2D eigenvalue weighted by Crippen LogP contribution is 2.40. The van der Waals surface area contributed by atoms with Crippen LogP contribution in [-0.2, 0) is 0 Å². The maximum absolute atomic E-state index is 5.95. The van der Waals surface area contributed by atoms with Crippen molar-refractivity contribution in [2.24, 2.45) is 0 Å². The molecule has 0 unspecified atom stereocenters. The minimum atomic E-state index is 0.876. The van der Waals surface area contributed by atoms with E-state index in [0.717, 1.165) is 11.7 Å². The first kappa shape index (κ1) is 18.8. The molecule has 0 radical (unpaired) electrons. The first-order chi connectivity index (χ1) is 11.2. The molecule has 1 nitrogen and oxygen atoms in total. The summed E-state index contributed by atoms with van der Waals surface area (Å²) in [6.45, 7) is 7.58. The number of hydrogen-bond acceptors (Lipinski definition) is 3. The Bertz CT molecular complexity index is 533. The van der Waals surface area contributed by atoms with E-state index in [2.05, 4.69) is 26.8 Å². The standard InChI is InChI=1S/C20H32OS2/c1-4-5-6-7-8-9-10-11-12-13-14-21-19-15-18-16(2)22-17(3)20(18)23-19/h15H,4-14H2,1-3H3. The van der Waals surface area contributed by atoms with Gasteiger partial charge in [0, 0.05) is 21.2 Å². The lowest BCUT2D eigenvalue weighted by atomic mass is 10.1. The molecule has 0 spiro atoms. The molecular weight excluding hydrogens is 320 g/mol. The first-order valence-electron chi connectivity index (χ1n) is 9.34. The van der Waals surface area contributed by atoms with Crippen LogP contribution in [0.2, 0.25) is 0 Å². The zero-order chi connectivity index (χ0) is 16.5. The van der Waals surface area contributed by atoms with Gasteiger partial charge in [-0.3, -0.25) is 0 Å². The van der Waals surface area contributed by atoms with Gasteiger partial charge in [-0.15, -0.1) is 11.3 Å². The summed E-state index contributed by atoms with van der Waals surface area (Å²) in [7, 11) is 0. The Balaban J connectivity index is 1.51. The minimum Gasteiger partial charge on any atom is -0.484 e. The minimum absolute atomic E-state index is 0.876. The van der Waals surface area contributed by atoms with E-state index < -0.39 is 0 Å². The van der Waals surface area contributed by atoms with Crippen molar-refractivity contribution in [3.63, 3.8) is 0 Å². The Morgan fingerprint density at radius 3 is 2.00 bits per heavy atom. The zero-order valence-electron chi connectivity index (χ0n) is 15.1. The quantitative estimate of drug-likeness (QED) is 0.353. The molecule has 0 saturated carbocycles. The maximum atomic E-state index is 5.95. The summed E-state index contributed by atoms with van der Waals surface area (Å²) in [4.78, 5) is 2.85. The van der Waals surface area contributed by atoms with Gasteiger partial charge in [0.25, 0.3) is 0 Å². The van der Waals surface area contributed by atoms with Crippen molar-refractivity contribution >= 4 is 32.8 Å². The lowest BCUT2D eigenvalue weighted by Gasteiger charge is -2.04. The van der Waals surface area contributed by atoms with Gasteiger partial charge < -0.3 is 4.74 Å². The Morgan fingerprint density at radius 2 is 1.39 bits per heavy atom. The molecule has 0 aromatic carbocycles. The topological polar surface area (TPSA) is 9.23 Å². The number of rotatable bonds is 12. The van der Waals surface area contributed by atoms with Crippen LogP contribution >= 0.6 is 22.7 Å². The lowest BCUT2D eigenvalue weighted by molar-refractivity contribution is 0.313. The van der Waals surface area contributed by atoms with Gasteiger partial charge in [0.2, 0.25) is 0 Å². The molecule has 23 heavy (non-hydrogen) atoms. The lowest BCUT2D eigenvalue weighted by Crippen LogP contribution is -1.95. The van der Waals surface area contributed by atoms with Gasteiger partial charge in [0.15, 0.2) is 5.06 Å². The van der Waals surface area contributed by atoms with Crippen LogP contribution in [0.1, 0.15) is 80.9 Å². The Kier molecular flexibility index (Phi) is 8.46. The fraction of sp³-hybridized carbons (Fsp3) is 0.700. The molecule has 3 heteroatoms. The van der Waals surface area contributed by atoms with Gasteiger partial charge in [0.1, 0.15) is 0 Å². The summed E-state index contributed by atoms with van der Waals surface area (Å²) in [6, 6.07) is 2.23. The van der Waals surface area contributed by atoms with Crippen molar-refractivity contribution < 1.29 is 4.74 Å². The fourth-order valence-corrected chi connectivity index (χ4v) is 5.29. The van der Waals surface area contributed by atoms with Crippen LogP contribution in [-0.4, -0.2) is 6.61 Å². The van der Waals surface area contributed by atoms with Gasteiger partial charge >= 0.3 is 0 Å². The van der Waals surface area contributed by atoms with E-state index in [9.17, 15) is 0 Å². The molecule has 0 saturated heterocycles. The largest absolute Gasteiger partial charge is 0.484 e. The summed E-state index contributed by atoms with van der Waals surface area (Å²) >= 11 is 3.71. The number of hydrogen-bond donors (Lipinski definition) is 0. The van der Waals surface area contributed by atoms with E-state index in [-0.39, 0.29) is 0 Å². The van der Waals surface area contributed by atoms with Crippen LogP contribution in [0.3, 0.4) is 0 Å². The molecule has 0 atom stereocenters. The molecule has 0 aliphatic rings. The van der Waals surface area contributed by atoms with E-state index in [4.69, 9.17) is 4.74 Å². The van der Waals surface area contributed by atoms with E-state index in [0.29, 0.717) is 0 Å². The molecule has 2 aromatic heterocycles. The van der Waals surface area contributed by atoms with E-state index in [1.165, 1.54) is 84.0 Å². The maximum Gasteiger partial charge on any atom is 0.174 e. The second kappa shape index (κ2) is 10.4. The Labute approximate surface area is 150 Å². The van der Waals surface area contributed by atoms with Crippen LogP contribution in [0, 0.1) is 13.8 Å². The molecule has 0 fully saturated rings. The summed E-state index contributed by atoms with van der Waals surface area (Å²) < 4.78 is 7.38. The van der Waals surface area contributed by atoms with E-state index >= 15 is 0 Å². The zero-order valence-corrected chi connectivity index (χ0v) is 16.7. The molecule has 2 aromatic rings. The monoisotopic (exact) mass is 352 g/mol. The number of thiophene rings is 2. The van der Waals surface area contributed by atoms with Crippen molar-refractivity contribution in [2.75, 3.05) is 6.61 Å². The molecule has 0 N–H and O–H groups in total. The Hall–Kier alpha value is -0.540. The predicted octanol–water partition coefficient (Wildman–Crippen LogP) is 7.88. The fourth-order valence-electron chi connectivity index (χ4n) is 3.06. The van der Waals surface area contributed by atoms with Crippen LogP contribution in [0.5, 0.6) is 5.06 Å². The van der Waals surface area contributed by atoms with Crippen LogP contribution in [0.4, 0.5) is 0 Å². The molecule has 0 bridgehead atoms. The Morgan fingerprint density at radius 1 is 0.783 bits per heavy atom. The third-order valence-electron chi connectivity index (χ3n) is 4.46. The average Bonchev–Trinajstić information content (AvgIpc) is 3.06. The second-order valence-corrected chi connectivity index (χ2v) is 9.00. The molecule has 130 valence electrons. The van der Waals surface area contributed by atoms with Gasteiger partial charge in [-0.1, -0.05) is 76.0 Å². The molecule has 2 heterocycles. The highest BCUT2D eigenvalue weighted by Gasteiger charge is 2.10. The highest BCUT2D eigenvalue weighted by atomic mass is 32.1. The van der Waals surface area contributed by atoms with Crippen molar-refractivity contribution in [3.05, 3.63) is 15.8 Å². The summed E-state index contributed by atoms with van der Waals surface area (Å²) in [5, 5.41) is 2.50. The highest BCUT2D eigenvalue weighted by molar-refractivity contribution is 7.25. The van der Waals surface area contributed by atoms with Crippen LogP contribution < -0.4 is 4.74 Å². The van der Waals surface area contributed by atoms with Gasteiger partial charge in [-0.05, 0) is 20.3 Å². The van der Waals surface area contributed by atoms with Crippen molar-refractivity contribution in [1.29, 1.82) is 0 Å².